The first-order chi connectivity index (χ1) is 12.3. The van der Waals surface area contributed by atoms with Crippen molar-refractivity contribution < 1.29 is 14.4 Å². The van der Waals surface area contributed by atoms with E-state index in [9.17, 15) is 14.4 Å². The van der Waals surface area contributed by atoms with E-state index in [-0.39, 0.29) is 24.3 Å². The average Bonchev–Trinajstić information content (AvgIpc) is 2.84. The molecule has 0 aromatic heterocycles. The number of hydrogen-bond acceptors (Lipinski definition) is 3. The van der Waals surface area contributed by atoms with E-state index >= 15 is 0 Å². The van der Waals surface area contributed by atoms with Gasteiger partial charge >= 0.3 is 6.03 Å². The molecule has 1 aliphatic carbocycles. The first-order valence-corrected chi connectivity index (χ1v) is 9.28. The molecule has 0 radical (unpaired) electrons. The third-order valence-corrected chi connectivity index (χ3v) is 5.89. The number of hydrogen-bond donors (Lipinski definition) is 1. The molecular formula is C20H27N3O3. The summed E-state index contributed by atoms with van der Waals surface area (Å²) in [5.41, 5.74) is 1.35. The molecule has 1 aliphatic heterocycles. The van der Waals surface area contributed by atoms with Crippen LogP contribution in [-0.4, -0.2) is 46.8 Å². The molecule has 3 rings (SSSR count). The lowest BCUT2D eigenvalue weighted by Crippen LogP contribution is -2.54. The van der Waals surface area contributed by atoms with Gasteiger partial charge in [0.1, 0.15) is 12.1 Å². The number of carbonyl (C=O) groups excluding carboxylic acids is 3. The van der Waals surface area contributed by atoms with Gasteiger partial charge in [0.2, 0.25) is 5.91 Å². The molecule has 1 heterocycles. The van der Waals surface area contributed by atoms with Gasteiger partial charge in [-0.1, -0.05) is 44.0 Å². The predicted molar refractivity (Wildman–Crippen MR) is 98.3 cm³/mol. The van der Waals surface area contributed by atoms with Crippen molar-refractivity contribution in [3.8, 4) is 0 Å². The van der Waals surface area contributed by atoms with E-state index in [1.54, 1.807) is 11.9 Å². The van der Waals surface area contributed by atoms with Crippen molar-refractivity contribution in [2.24, 2.45) is 5.92 Å². The molecule has 4 amide bonds. The van der Waals surface area contributed by atoms with Gasteiger partial charge in [0.15, 0.2) is 0 Å². The van der Waals surface area contributed by atoms with Crippen LogP contribution >= 0.6 is 0 Å². The summed E-state index contributed by atoms with van der Waals surface area (Å²) < 4.78 is 0. The highest BCUT2D eigenvalue weighted by Gasteiger charge is 2.55. The quantitative estimate of drug-likeness (QED) is 0.842. The van der Waals surface area contributed by atoms with Crippen LogP contribution < -0.4 is 5.32 Å². The minimum absolute atomic E-state index is 0.0949. The second kappa shape index (κ2) is 7.09. The largest absolute Gasteiger partial charge is 0.340 e. The third kappa shape index (κ3) is 3.20. The normalized spacial score (nSPS) is 25.5. The summed E-state index contributed by atoms with van der Waals surface area (Å²) in [7, 11) is 1.70. The van der Waals surface area contributed by atoms with Gasteiger partial charge in [0.25, 0.3) is 5.91 Å². The Kier molecular flexibility index (Phi) is 5.03. The summed E-state index contributed by atoms with van der Waals surface area (Å²) in [5, 5.41) is 2.89. The van der Waals surface area contributed by atoms with Gasteiger partial charge in [-0.2, -0.15) is 0 Å². The van der Waals surface area contributed by atoms with Crippen LogP contribution in [0, 0.1) is 12.8 Å². The molecule has 1 aromatic rings. The van der Waals surface area contributed by atoms with Crippen molar-refractivity contribution in [3.63, 3.8) is 0 Å². The first-order valence-electron chi connectivity index (χ1n) is 9.28. The van der Waals surface area contributed by atoms with Gasteiger partial charge in [0.05, 0.1) is 0 Å². The molecule has 1 N–H and O–H groups in total. The lowest BCUT2D eigenvalue weighted by molar-refractivity contribution is -0.140. The van der Waals surface area contributed by atoms with Crippen LogP contribution in [0.2, 0.25) is 0 Å². The van der Waals surface area contributed by atoms with Crippen LogP contribution in [0.25, 0.3) is 0 Å². The predicted octanol–water partition coefficient (Wildman–Crippen LogP) is 2.45. The number of carbonyl (C=O) groups is 3. The SMILES string of the molecule is Cc1ccccc1CN(C)C(=O)CN1C(=O)N[C@@]2(CCCC[C@H]2C)C1=O. The van der Waals surface area contributed by atoms with Crippen molar-refractivity contribution >= 4 is 17.8 Å². The number of rotatable bonds is 4. The fourth-order valence-corrected chi connectivity index (χ4v) is 4.03. The Morgan fingerprint density at radius 2 is 2.04 bits per heavy atom. The zero-order valence-corrected chi connectivity index (χ0v) is 15.7. The van der Waals surface area contributed by atoms with Crippen LogP contribution in [0.15, 0.2) is 24.3 Å². The van der Waals surface area contributed by atoms with Crippen LogP contribution in [-0.2, 0) is 16.1 Å². The van der Waals surface area contributed by atoms with Crippen molar-refractivity contribution in [2.45, 2.75) is 51.6 Å². The topological polar surface area (TPSA) is 69.7 Å². The zero-order chi connectivity index (χ0) is 18.9. The second-order valence-corrected chi connectivity index (χ2v) is 7.62. The molecule has 6 heteroatoms. The van der Waals surface area contributed by atoms with Crippen LogP contribution in [0.1, 0.15) is 43.7 Å². The van der Waals surface area contributed by atoms with E-state index in [4.69, 9.17) is 0 Å². The van der Waals surface area contributed by atoms with E-state index in [1.807, 2.05) is 38.1 Å². The molecule has 1 saturated carbocycles. The molecule has 1 aromatic carbocycles. The highest BCUT2D eigenvalue weighted by Crippen LogP contribution is 2.38. The fourth-order valence-electron chi connectivity index (χ4n) is 4.03. The summed E-state index contributed by atoms with van der Waals surface area (Å²) in [6.45, 7) is 4.25. The van der Waals surface area contributed by atoms with Gasteiger partial charge in [-0.05, 0) is 36.8 Å². The van der Waals surface area contributed by atoms with Crippen LogP contribution in [0.5, 0.6) is 0 Å². The van der Waals surface area contributed by atoms with Gasteiger partial charge in [0, 0.05) is 13.6 Å². The number of benzene rings is 1. The summed E-state index contributed by atoms with van der Waals surface area (Å²) in [5.74, 6) is -0.387. The van der Waals surface area contributed by atoms with Crippen molar-refractivity contribution in [1.29, 1.82) is 0 Å². The highest BCUT2D eigenvalue weighted by molar-refractivity contribution is 6.09. The zero-order valence-electron chi connectivity index (χ0n) is 15.7. The molecule has 1 spiro atoms. The van der Waals surface area contributed by atoms with Crippen molar-refractivity contribution in [3.05, 3.63) is 35.4 Å². The molecule has 140 valence electrons. The van der Waals surface area contributed by atoms with Crippen molar-refractivity contribution in [1.82, 2.24) is 15.1 Å². The molecule has 0 unspecified atom stereocenters. The summed E-state index contributed by atoms with van der Waals surface area (Å²) in [4.78, 5) is 40.6. The first kappa shape index (κ1) is 18.4. The molecule has 2 aliphatic rings. The van der Waals surface area contributed by atoms with E-state index < -0.39 is 11.6 Å². The van der Waals surface area contributed by atoms with Crippen molar-refractivity contribution in [2.75, 3.05) is 13.6 Å². The molecular weight excluding hydrogens is 330 g/mol. The number of imide groups is 1. The molecule has 0 bridgehead atoms. The number of nitrogens with zero attached hydrogens (tertiary/aromatic N) is 2. The Morgan fingerprint density at radius 1 is 1.31 bits per heavy atom. The lowest BCUT2D eigenvalue weighted by Gasteiger charge is -2.36. The van der Waals surface area contributed by atoms with Gasteiger partial charge < -0.3 is 10.2 Å². The standard InChI is InChI=1S/C20H27N3O3/c1-14-8-4-5-10-16(14)12-22(3)17(24)13-23-18(25)20(21-19(23)26)11-7-6-9-15(20)2/h4-5,8,10,15H,6-7,9,11-13H2,1-3H3,(H,21,26)/t15-,20-/m1/s1. The van der Waals surface area contributed by atoms with E-state index in [0.29, 0.717) is 13.0 Å². The number of urea groups is 1. The average molecular weight is 357 g/mol. The molecule has 2 atom stereocenters. The monoisotopic (exact) mass is 357 g/mol. The molecule has 2 fully saturated rings. The Labute approximate surface area is 154 Å². The van der Waals surface area contributed by atoms with Gasteiger partial charge in [-0.3, -0.25) is 14.5 Å². The smallest absolute Gasteiger partial charge is 0.325 e. The van der Waals surface area contributed by atoms with Gasteiger partial charge in [-0.25, -0.2) is 4.79 Å². The molecule has 1 saturated heterocycles. The minimum atomic E-state index is -0.815. The van der Waals surface area contributed by atoms with E-state index in [1.165, 1.54) is 0 Å². The summed E-state index contributed by atoms with van der Waals surface area (Å²) >= 11 is 0. The summed E-state index contributed by atoms with van der Waals surface area (Å²) in [6, 6.07) is 7.43. The van der Waals surface area contributed by atoms with Crippen LogP contribution in [0.4, 0.5) is 4.79 Å². The fraction of sp³-hybridized carbons (Fsp3) is 0.550. The third-order valence-electron chi connectivity index (χ3n) is 5.89. The second-order valence-electron chi connectivity index (χ2n) is 7.62. The number of aryl methyl sites for hydroxylation is 1. The van der Waals surface area contributed by atoms with E-state index in [2.05, 4.69) is 5.32 Å². The maximum absolute atomic E-state index is 12.9. The lowest BCUT2D eigenvalue weighted by atomic mass is 9.73. The van der Waals surface area contributed by atoms with E-state index in [0.717, 1.165) is 35.3 Å². The maximum Gasteiger partial charge on any atom is 0.325 e. The Balaban J connectivity index is 1.68. The Hall–Kier alpha value is -2.37. The number of nitrogens with one attached hydrogen (secondary N) is 1. The minimum Gasteiger partial charge on any atom is -0.340 e. The number of amides is 4. The number of likely N-dealkylation sites (N-methyl/N-ethyl adjacent to an activating group) is 1. The summed E-state index contributed by atoms with van der Waals surface area (Å²) in [6.07, 6.45) is 3.57. The van der Waals surface area contributed by atoms with Crippen LogP contribution in [0.3, 0.4) is 0 Å². The Morgan fingerprint density at radius 3 is 2.73 bits per heavy atom. The molecule has 6 nitrogen and oxygen atoms in total. The Bertz CT molecular complexity index is 733. The maximum atomic E-state index is 12.9. The van der Waals surface area contributed by atoms with Gasteiger partial charge in [-0.15, -0.1) is 0 Å². The molecule has 26 heavy (non-hydrogen) atoms. The highest BCUT2D eigenvalue weighted by atomic mass is 16.2.